The highest BCUT2D eigenvalue weighted by Gasteiger charge is 2.27. The van der Waals surface area contributed by atoms with Crippen LogP contribution in [0.2, 0.25) is 5.02 Å². The van der Waals surface area contributed by atoms with Crippen molar-refractivity contribution in [3.63, 3.8) is 0 Å². The number of carbonyl (C=O) groups excluding carboxylic acids is 1. The minimum atomic E-state index is -3.66. The lowest BCUT2D eigenvalue weighted by Crippen LogP contribution is -2.50. The SMILES string of the molecule is COc1c(Cl)ccc2sc(N3CCN(C(=O)CS(=O)(=O)c4ccc(C)cc4)CC3)nc12. The largest absolute Gasteiger partial charge is 0.493 e. The van der Waals surface area contributed by atoms with E-state index in [1.54, 1.807) is 42.3 Å². The van der Waals surface area contributed by atoms with E-state index < -0.39 is 15.6 Å². The molecule has 31 heavy (non-hydrogen) atoms. The number of sulfone groups is 1. The Morgan fingerprint density at radius 3 is 2.45 bits per heavy atom. The number of amides is 1. The lowest BCUT2D eigenvalue weighted by molar-refractivity contribution is -0.128. The molecule has 164 valence electrons. The number of nitrogens with zero attached hydrogens (tertiary/aromatic N) is 3. The predicted octanol–water partition coefficient (Wildman–Crippen LogP) is 3.39. The van der Waals surface area contributed by atoms with Gasteiger partial charge >= 0.3 is 0 Å². The Morgan fingerprint density at radius 1 is 1.13 bits per heavy atom. The summed E-state index contributed by atoms with van der Waals surface area (Å²) in [5.41, 5.74) is 1.69. The molecule has 1 aliphatic rings. The molecule has 0 radical (unpaired) electrons. The Morgan fingerprint density at radius 2 is 1.81 bits per heavy atom. The first-order valence-corrected chi connectivity index (χ1v) is 12.6. The molecular formula is C21H22ClN3O4S2. The van der Waals surface area contributed by atoms with Gasteiger partial charge in [-0.2, -0.15) is 0 Å². The molecule has 0 atom stereocenters. The summed E-state index contributed by atoms with van der Waals surface area (Å²) in [6.45, 7) is 3.92. The molecule has 2 heterocycles. The van der Waals surface area contributed by atoms with Gasteiger partial charge in [-0.25, -0.2) is 13.4 Å². The van der Waals surface area contributed by atoms with Crippen molar-refractivity contribution < 1.29 is 17.9 Å². The van der Waals surface area contributed by atoms with E-state index in [4.69, 9.17) is 16.3 Å². The van der Waals surface area contributed by atoms with Crippen LogP contribution in [-0.4, -0.2) is 63.3 Å². The Labute approximate surface area is 190 Å². The number of piperazine rings is 1. The van der Waals surface area contributed by atoms with Crippen LogP contribution in [0.4, 0.5) is 5.13 Å². The number of aromatic nitrogens is 1. The van der Waals surface area contributed by atoms with Crippen molar-refractivity contribution in [3.05, 3.63) is 47.0 Å². The summed E-state index contributed by atoms with van der Waals surface area (Å²) in [5, 5.41) is 1.34. The van der Waals surface area contributed by atoms with Gasteiger partial charge in [0.2, 0.25) is 5.91 Å². The van der Waals surface area contributed by atoms with E-state index in [0.29, 0.717) is 37.0 Å². The van der Waals surface area contributed by atoms with Crippen molar-refractivity contribution in [1.29, 1.82) is 0 Å². The molecule has 0 aliphatic carbocycles. The van der Waals surface area contributed by atoms with Crippen LogP contribution in [0.15, 0.2) is 41.3 Å². The van der Waals surface area contributed by atoms with E-state index in [0.717, 1.165) is 20.9 Å². The summed E-state index contributed by atoms with van der Waals surface area (Å²) in [6.07, 6.45) is 0. The summed E-state index contributed by atoms with van der Waals surface area (Å²) < 4.78 is 31.5. The molecule has 0 unspecified atom stereocenters. The average Bonchev–Trinajstić information content (AvgIpc) is 3.18. The average molecular weight is 480 g/mol. The molecule has 1 aromatic heterocycles. The second-order valence-corrected chi connectivity index (χ2v) is 10.8. The molecule has 10 heteroatoms. The molecule has 4 rings (SSSR count). The number of anilines is 1. The maximum Gasteiger partial charge on any atom is 0.238 e. The topological polar surface area (TPSA) is 79.8 Å². The van der Waals surface area contributed by atoms with Crippen molar-refractivity contribution in [1.82, 2.24) is 9.88 Å². The third-order valence-electron chi connectivity index (χ3n) is 5.26. The van der Waals surface area contributed by atoms with E-state index in [-0.39, 0.29) is 10.8 Å². The second kappa shape index (κ2) is 8.64. The highest BCUT2D eigenvalue weighted by molar-refractivity contribution is 7.92. The van der Waals surface area contributed by atoms with Gasteiger partial charge in [-0.3, -0.25) is 4.79 Å². The van der Waals surface area contributed by atoms with Crippen LogP contribution in [0.1, 0.15) is 5.56 Å². The zero-order valence-electron chi connectivity index (χ0n) is 17.2. The lowest BCUT2D eigenvalue weighted by Gasteiger charge is -2.34. The van der Waals surface area contributed by atoms with Gasteiger partial charge in [0, 0.05) is 26.2 Å². The molecule has 3 aromatic rings. The van der Waals surface area contributed by atoms with Gasteiger partial charge in [0.25, 0.3) is 0 Å². The van der Waals surface area contributed by atoms with Gasteiger partial charge in [-0.1, -0.05) is 40.6 Å². The molecule has 0 spiro atoms. The fourth-order valence-corrected chi connectivity index (χ4v) is 5.96. The van der Waals surface area contributed by atoms with Crippen molar-refractivity contribution in [2.75, 3.05) is 43.9 Å². The van der Waals surface area contributed by atoms with Crippen molar-refractivity contribution in [3.8, 4) is 5.75 Å². The number of hydrogen-bond acceptors (Lipinski definition) is 7. The maximum atomic E-state index is 12.6. The molecular weight excluding hydrogens is 458 g/mol. The fourth-order valence-electron chi connectivity index (χ4n) is 3.49. The van der Waals surface area contributed by atoms with Gasteiger partial charge in [-0.15, -0.1) is 0 Å². The second-order valence-electron chi connectivity index (χ2n) is 7.36. The lowest BCUT2D eigenvalue weighted by atomic mass is 10.2. The molecule has 0 N–H and O–H groups in total. The molecule has 2 aromatic carbocycles. The van der Waals surface area contributed by atoms with Crippen LogP contribution >= 0.6 is 22.9 Å². The monoisotopic (exact) mass is 479 g/mol. The van der Waals surface area contributed by atoms with Crippen LogP contribution in [0, 0.1) is 6.92 Å². The number of halogens is 1. The molecule has 1 saturated heterocycles. The number of carbonyl (C=O) groups is 1. The normalized spacial score (nSPS) is 14.8. The van der Waals surface area contributed by atoms with E-state index in [1.807, 2.05) is 13.0 Å². The number of thiazole rings is 1. The van der Waals surface area contributed by atoms with Gasteiger partial charge < -0.3 is 14.5 Å². The predicted molar refractivity (Wildman–Crippen MR) is 123 cm³/mol. The number of hydrogen-bond donors (Lipinski definition) is 0. The van der Waals surface area contributed by atoms with Crippen LogP contribution < -0.4 is 9.64 Å². The first-order chi connectivity index (χ1) is 14.8. The smallest absolute Gasteiger partial charge is 0.238 e. The molecule has 0 bridgehead atoms. The highest BCUT2D eigenvalue weighted by Crippen LogP contribution is 2.38. The van der Waals surface area contributed by atoms with Crippen LogP contribution in [0.5, 0.6) is 5.75 Å². The van der Waals surface area contributed by atoms with E-state index >= 15 is 0 Å². The van der Waals surface area contributed by atoms with Crippen LogP contribution in [-0.2, 0) is 14.6 Å². The Hall–Kier alpha value is -2.36. The minimum Gasteiger partial charge on any atom is -0.493 e. The summed E-state index contributed by atoms with van der Waals surface area (Å²) in [5.74, 6) is -0.345. The van der Waals surface area contributed by atoms with E-state index in [2.05, 4.69) is 9.88 Å². The summed E-state index contributed by atoms with van der Waals surface area (Å²) in [4.78, 5) is 21.2. The fraction of sp³-hybridized carbons (Fsp3) is 0.333. The Bertz CT molecular complexity index is 1220. The minimum absolute atomic E-state index is 0.173. The van der Waals surface area contributed by atoms with Crippen molar-refractivity contribution in [2.45, 2.75) is 11.8 Å². The van der Waals surface area contributed by atoms with Crippen molar-refractivity contribution >= 4 is 54.0 Å². The first-order valence-electron chi connectivity index (χ1n) is 9.73. The summed E-state index contributed by atoms with van der Waals surface area (Å²) in [7, 11) is -2.10. The van der Waals surface area contributed by atoms with Crippen LogP contribution in [0.3, 0.4) is 0 Å². The number of methoxy groups -OCH3 is 1. The summed E-state index contributed by atoms with van der Waals surface area (Å²) >= 11 is 7.73. The highest BCUT2D eigenvalue weighted by atomic mass is 35.5. The number of fused-ring (bicyclic) bond motifs is 1. The number of ether oxygens (including phenoxy) is 1. The zero-order chi connectivity index (χ0) is 22.2. The van der Waals surface area contributed by atoms with Gasteiger partial charge in [-0.05, 0) is 31.2 Å². The Balaban J connectivity index is 1.42. The van der Waals surface area contributed by atoms with Crippen LogP contribution in [0.25, 0.3) is 10.2 Å². The molecule has 1 fully saturated rings. The standard InChI is InChI=1S/C21H22ClN3O4S2/c1-14-3-5-15(6-4-14)31(27,28)13-18(26)24-9-11-25(12-10-24)21-23-19-17(30-21)8-7-16(22)20(19)29-2/h3-8H,9-13H2,1-2H3. The third-order valence-corrected chi connectivity index (χ3v) is 8.25. The third kappa shape index (κ3) is 4.49. The first kappa shape index (κ1) is 21.9. The Kier molecular flexibility index (Phi) is 6.09. The zero-order valence-corrected chi connectivity index (χ0v) is 19.6. The van der Waals surface area contributed by atoms with E-state index in [9.17, 15) is 13.2 Å². The molecule has 7 nitrogen and oxygen atoms in total. The molecule has 1 amide bonds. The number of benzene rings is 2. The molecule has 1 aliphatic heterocycles. The molecule has 0 saturated carbocycles. The summed E-state index contributed by atoms with van der Waals surface area (Å²) in [6, 6.07) is 10.3. The van der Waals surface area contributed by atoms with E-state index in [1.165, 1.54) is 11.3 Å². The van der Waals surface area contributed by atoms with Gasteiger partial charge in [0.15, 0.2) is 20.7 Å². The quantitative estimate of drug-likeness (QED) is 0.558. The van der Waals surface area contributed by atoms with Crippen molar-refractivity contribution in [2.24, 2.45) is 0 Å². The van der Waals surface area contributed by atoms with Gasteiger partial charge in [0.05, 0.1) is 21.7 Å². The number of aryl methyl sites for hydroxylation is 1. The number of rotatable bonds is 5. The van der Waals surface area contributed by atoms with Gasteiger partial charge in [0.1, 0.15) is 11.3 Å². The maximum absolute atomic E-state index is 12.6.